The van der Waals surface area contributed by atoms with Crippen LogP contribution < -0.4 is 10.1 Å². The minimum absolute atomic E-state index is 0.0579. The third-order valence-electron chi connectivity index (χ3n) is 6.03. The molecule has 0 radical (unpaired) electrons. The number of aliphatic hydroxyl groups is 1. The van der Waals surface area contributed by atoms with Gasteiger partial charge in [0.25, 0.3) is 0 Å². The molecule has 2 N–H and O–H groups in total. The molecule has 1 heterocycles. The number of hydrogen-bond donors (Lipinski definition) is 2. The van der Waals surface area contributed by atoms with Crippen molar-refractivity contribution >= 4 is 6.29 Å². The van der Waals surface area contributed by atoms with E-state index in [-0.39, 0.29) is 18.9 Å². The van der Waals surface area contributed by atoms with E-state index in [1.165, 1.54) is 5.56 Å². The van der Waals surface area contributed by atoms with Crippen LogP contribution in [-0.4, -0.2) is 34.8 Å². The molecule has 1 fully saturated rings. The summed E-state index contributed by atoms with van der Waals surface area (Å²) in [5.41, 5.74) is 4.89. The van der Waals surface area contributed by atoms with Gasteiger partial charge in [0, 0.05) is 24.1 Å². The molecule has 5 heteroatoms. The highest BCUT2D eigenvalue weighted by molar-refractivity contribution is 5.80. The number of aliphatic hydroxyl groups excluding tert-OH is 1. The molecule has 0 saturated heterocycles. The van der Waals surface area contributed by atoms with Crippen molar-refractivity contribution in [2.75, 3.05) is 6.73 Å². The number of aromatic nitrogens is 1. The number of ether oxygens (including phenoxy) is 1. The molecular weight excluding hydrogens is 388 g/mol. The van der Waals surface area contributed by atoms with E-state index in [2.05, 4.69) is 40.2 Å². The molecule has 0 spiro atoms. The van der Waals surface area contributed by atoms with Gasteiger partial charge in [-0.1, -0.05) is 31.0 Å². The molecule has 162 valence electrons. The maximum Gasteiger partial charge on any atom is 0.153 e. The Balaban J connectivity index is 1.41. The number of nitrogens with one attached hydrogen (secondary N) is 1. The van der Waals surface area contributed by atoms with Crippen LogP contribution in [0.25, 0.3) is 5.69 Å². The van der Waals surface area contributed by atoms with E-state index in [9.17, 15) is 9.90 Å². The molecule has 2 aromatic carbocycles. The van der Waals surface area contributed by atoms with E-state index < -0.39 is 0 Å². The molecule has 1 aliphatic carbocycles. The van der Waals surface area contributed by atoms with Crippen LogP contribution in [0.4, 0.5) is 0 Å². The maximum atomic E-state index is 11.7. The highest BCUT2D eigenvalue weighted by atomic mass is 16.5. The second kappa shape index (κ2) is 9.94. The highest BCUT2D eigenvalue weighted by Gasteiger charge is 2.22. The third-order valence-corrected chi connectivity index (χ3v) is 6.03. The lowest BCUT2D eigenvalue weighted by Gasteiger charge is -2.28. The van der Waals surface area contributed by atoms with Crippen molar-refractivity contribution in [3.8, 4) is 11.4 Å². The summed E-state index contributed by atoms with van der Waals surface area (Å²) < 4.78 is 7.99. The Kier molecular flexibility index (Phi) is 6.85. The Morgan fingerprint density at radius 2 is 1.84 bits per heavy atom. The smallest absolute Gasteiger partial charge is 0.153 e. The Labute approximate surface area is 183 Å². The molecule has 0 bridgehead atoms. The van der Waals surface area contributed by atoms with Gasteiger partial charge in [-0.25, -0.2) is 0 Å². The second-order valence-corrected chi connectivity index (χ2v) is 8.33. The molecule has 3 aromatic rings. The molecule has 31 heavy (non-hydrogen) atoms. The summed E-state index contributed by atoms with van der Waals surface area (Å²) in [6.07, 6.45) is 9.31. The Morgan fingerprint density at radius 1 is 1.10 bits per heavy atom. The van der Waals surface area contributed by atoms with Gasteiger partial charge in [-0.15, -0.1) is 0 Å². The van der Waals surface area contributed by atoms with Gasteiger partial charge in [0.05, 0.1) is 11.7 Å². The van der Waals surface area contributed by atoms with E-state index in [0.29, 0.717) is 11.3 Å². The lowest BCUT2D eigenvalue weighted by Crippen LogP contribution is -2.43. The molecule has 1 aliphatic rings. The molecule has 1 unspecified atom stereocenters. The standard InChI is InChI=1S/C26H30N2O3/c1-19-14-21(15-20-8-10-23(11-9-20)28-12-4-5-13-28)16-22(17-29)26(19)31-18-27-24-6-2-3-7-25(24)30/h4-5,8-14,16-17,24-25,27,30H,2-3,6-7,15,18H2,1H3/t24?,25-/m0/s1. The summed E-state index contributed by atoms with van der Waals surface area (Å²) in [4.78, 5) is 11.7. The predicted octanol–water partition coefficient (Wildman–Crippen LogP) is 4.42. The molecule has 2 atom stereocenters. The lowest BCUT2D eigenvalue weighted by molar-refractivity contribution is 0.0782. The van der Waals surface area contributed by atoms with Crippen LogP contribution in [-0.2, 0) is 6.42 Å². The van der Waals surface area contributed by atoms with Crippen LogP contribution in [0.5, 0.6) is 5.75 Å². The lowest BCUT2D eigenvalue weighted by atomic mass is 9.93. The number of nitrogens with zero attached hydrogens (tertiary/aromatic N) is 1. The molecule has 5 nitrogen and oxygen atoms in total. The first-order chi connectivity index (χ1) is 15.1. The fourth-order valence-electron chi connectivity index (χ4n) is 4.36. The predicted molar refractivity (Wildman–Crippen MR) is 122 cm³/mol. The molecule has 0 aliphatic heterocycles. The number of aldehydes is 1. The van der Waals surface area contributed by atoms with Crippen molar-refractivity contribution in [1.82, 2.24) is 9.88 Å². The summed E-state index contributed by atoms with van der Waals surface area (Å²) in [6, 6.07) is 16.5. The number of aryl methyl sites for hydroxylation is 1. The van der Waals surface area contributed by atoms with Crippen molar-refractivity contribution in [2.45, 2.75) is 51.2 Å². The van der Waals surface area contributed by atoms with Crippen LogP contribution in [0.3, 0.4) is 0 Å². The van der Waals surface area contributed by atoms with Crippen LogP contribution in [0.2, 0.25) is 0 Å². The van der Waals surface area contributed by atoms with Crippen molar-refractivity contribution in [3.05, 3.63) is 83.2 Å². The van der Waals surface area contributed by atoms with Gasteiger partial charge in [-0.3, -0.25) is 10.1 Å². The molecular formula is C26H30N2O3. The first-order valence-corrected chi connectivity index (χ1v) is 11.0. The summed E-state index contributed by atoms with van der Waals surface area (Å²) in [5.74, 6) is 0.611. The average Bonchev–Trinajstić information content (AvgIpc) is 3.31. The zero-order valence-electron chi connectivity index (χ0n) is 18.0. The number of rotatable bonds is 8. The topological polar surface area (TPSA) is 63.5 Å². The van der Waals surface area contributed by atoms with Gasteiger partial charge in [-0.2, -0.15) is 0 Å². The zero-order valence-corrected chi connectivity index (χ0v) is 18.0. The molecule has 4 rings (SSSR count). The van der Waals surface area contributed by atoms with Crippen LogP contribution in [0.15, 0.2) is 60.9 Å². The van der Waals surface area contributed by atoms with Crippen LogP contribution in [0, 0.1) is 6.92 Å². The van der Waals surface area contributed by atoms with Crippen molar-refractivity contribution < 1.29 is 14.6 Å². The van der Waals surface area contributed by atoms with Gasteiger partial charge in [0.2, 0.25) is 0 Å². The Bertz CT molecular complexity index is 996. The fourth-order valence-corrected chi connectivity index (χ4v) is 4.36. The monoisotopic (exact) mass is 418 g/mol. The van der Waals surface area contributed by atoms with Crippen molar-refractivity contribution in [1.29, 1.82) is 0 Å². The number of hydrogen-bond acceptors (Lipinski definition) is 4. The molecule has 1 saturated carbocycles. The maximum absolute atomic E-state index is 11.7. The van der Waals surface area contributed by atoms with E-state index in [1.54, 1.807) is 0 Å². The zero-order chi connectivity index (χ0) is 21.6. The largest absolute Gasteiger partial charge is 0.477 e. The third kappa shape index (κ3) is 5.24. The Morgan fingerprint density at radius 3 is 2.55 bits per heavy atom. The molecule has 0 amide bonds. The first kappa shape index (κ1) is 21.3. The normalized spacial score (nSPS) is 18.6. The van der Waals surface area contributed by atoms with E-state index in [1.807, 2.05) is 37.5 Å². The van der Waals surface area contributed by atoms with Crippen molar-refractivity contribution in [3.63, 3.8) is 0 Å². The molecule has 1 aromatic heterocycles. The van der Waals surface area contributed by atoms with Gasteiger partial charge >= 0.3 is 0 Å². The summed E-state index contributed by atoms with van der Waals surface area (Å²) in [7, 11) is 0. The fraction of sp³-hybridized carbons (Fsp3) is 0.346. The van der Waals surface area contributed by atoms with Crippen molar-refractivity contribution in [2.24, 2.45) is 0 Å². The van der Waals surface area contributed by atoms with E-state index in [4.69, 9.17) is 4.74 Å². The van der Waals surface area contributed by atoms with Gasteiger partial charge < -0.3 is 14.4 Å². The van der Waals surface area contributed by atoms with Gasteiger partial charge in [0.15, 0.2) is 6.29 Å². The van der Waals surface area contributed by atoms with Gasteiger partial charge in [-0.05, 0) is 73.2 Å². The highest BCUT2D eigenvalue weighted by Crippen LogP contribution is 2.26. The summed E-state index contributed by atoms with van der Waals surface area (Å²) in [6.45, 7) is 2.25. The number of carbonyl (C=O) groups is 1. The number of carbonyl (C=O) groups excluding carboxylic acids is 1. The first-order valence-electron chi connectivity index (χ1n) is 11.0. The SMILES string of the molecule is Cc1cc(Cc2ccc(-n3cccc3)cc2)cc(C=O)c1OCNC1CCCC[C@@H]1O. The van der Waals surface area contributed by atoms with E-state index >= 15 is 0 Å². The van der Waals surface area contributed by atoms with E-state index in [0.717, 1.165) is 55.2 Å². The summed E-state index contributed by atoms with van der Waals surface area (Å²) >= 11 is 0. The minimum Gasteiger partial charge on any atom is -0.477 e. The summed E-state index contributed by atoms with van der Waals surface area (Å²) in [5, 5.41) is 13.4. The minimum atomic E-state index is -0.324. The van der Waals surface area contributed by atoms with Gasteiger partial charge in [0.1, 0.15) is 12.5 Å². The second-order valence-electron chi connectivity index (χ2n) is 8.33. The average molecular weight is 419 g/mol. The number of benzene rings is 2. The van der Waals surface area contributed by atoms with Crippen LogP contribution >= 0.6 is 0 Å². The Hall–Kier alpha value is -2.89. The van der Waals surface area contributed by atoms with Crippen LogP contribution in [0.1, 0.15) is 52.7 Å². The quantitative estimate of drug-likeness (QED) is 0.420.